The number of aliphatic hydroxyl groups excluding tert-OH is 1. The SMILES string of the molecule is O=C(O)CCNC(=O)NCC(O)CCc1ccccc1. The van der Waals surface area contributed by atoms with E-state index in [0.717, 1.165) is 12.0 Å². The lowest BCUT2D eigenvalue weighted by Gasteiger charge is -2.12. The number of carboxylic acid groups (broad SMARTS) is 1. The van der Waals surface area contributed by atoms with Gasteiger partial charge in [0.25, 0.3) is 0 Å². The van der Waals surface area contributed by atoms with Gasteiger partial charge in [-0.2, -0.15) is 0 Å². The number of nitrogens with one attached hydrogen (secondary N) is 2. The van der Waals surface area contributed by atoms with Gasteiger partial charge in [0.05, 0.1) is 12.5 Å². The topological polar surface area (TPSA) is 98.7 Å². The molecule has 0 heterocycles. The number of carbonyl (C=O) groups is 2. The molecule has 1 rings (SSSR count). The first-order valence-electron chi connectivity index (χ1n) is 6.53. The maximum absolute atomic E-state index is 11.3. The molecule has 2 amide bonds. The fraction of sp³-hybridized carbons (Fsp3) is 0.429. The molecule has 4 N–H and O–H groups in total. The molecule has 0 saturated heterocycles. The number of hydrogen-bond donors (Lipinski definition) is 4. The molecule has 0 saturated carbocycles. The maximum Gasteiger partial charge on any atom is 0.314 e. The minimum absolute atomic E-state index is 0.0707. The third-order valence-corrected chi connectivity index (χ3v) is 2.73. The van der Waals surface area contributed by atoms with E-state index < -0.39 is 18.1 Å². The lowest BCUT2D eigenvalue weighted by Crippen LogP contribution is -2.40. The second kappa shape index (κ2) is 8.92. The molecule has 1 aromatic rings. The van der Waals surface area contributed by atoms with Crippen LogP contribution in [0.25, 0.3) is 0 Å². The van der Waals surface area contributed by atoms with Gasteiger partial charge >= 0.3 is 12.0 Å². The zero-order valence-corrected chi connectivity index (χ0v) is 11.2. The van der Waals surface area contributed by atoms with Crippen LogP contribution in [0.4, 0.5) is 4.79 Å². The molecule has 0 aromatic heterocycles. The van der Waals surface area contributed by atoms with Crippen molar-refractivity contribution in [2.45, 2.75) is 25.4 Å². The Balaban J connectivity index is 2.11. The number of aryl methyl sites for hydroxylation is 1. The highest BCUT2D eigenvalue weighted by atomic mass is 16.4. The summed E-state index contributed by atoms with van der Waals surface area (Å²) in [5.74, 6) is -0.965. The molecule has 1 atom stereocenters. The molecule has 1 unspecified atom stereocenters. The van der Waals surface area contributed by atoms with Crippen molar-refractivity contribution < 1.29 is 19.8 Å². The number of carboxylic acids is 1. The monoisotopic (exact) mass is 280 g/mol. The summed E-state index contributed by atoms with van der Waals surface area (Å²) in [5.41, 5.74) is 1.14. The molecule has 110 valence electrons. The van der Waals surface area contributed by atoms with Crippen molar-refractivity contribution in [2.24, 2.45) is 0 Å². The van der Waals surface area contributed by atoms with Crippen molar-refractivity contribution >= 4 is 12.0 Å². The van der Waals surface area contributed by atoms with E-state index in [1.807, 2.05) is 30.3 Å². The fourth-order valence-corrected chi connectivity index (χ4v) is 1.64. The van der Waals surface area contributed by atoms with Gasteiger partial charge in [0.1, 0.15) is 0 Å². The highest BCUT2D eigenvalue weighted by Gasteiger charge is 2.07. The van der Waals surface area contributed by atoms with Crippen LogP contribution in [0.3, 0.4) is 0 Å². The molecule has 0 aliphatic carbocycles. The molecule has 6 heteroatoms. The number of hydrogen-bond acceptors (Lipinski definition) is 3. The summed E-state index contributed by atoms with van der Waals surface area (Å²) >= 11 is 0. The van der Waals surface area contributed by atoms with Crippen molar-refractivity contribution in [1.29, 1.82) is 0 Å². The van der Waals surface area contributed by atoms with Crippen LogP contribution >= 0.6 is 0 Å². The highest BCUT2D eigenvalue weighted by molar-refractivity contribution is 5.74. The average Bonchev–Trinajstić information content (AvgIpc) is 2.43. The van der Waals surface area contributed by atoms with E-state index in [-0.39, 0.29) is 19.5 Å². The Bertz CT molecular complexity index is 422. The van der Waals surface area contributed by atoms with Crippen molar-refractivity contribution in [3.63, 3.8) is 0 Å². The van der Waals surface area contributed by atoms with E-state index in [9.17, 15) is 14.7 Å². The fourth-order valence-electron chi connectivity index (χ4n) is 1.64. The van der Waals surface area contributed by atoms with Crippen molar-refractivity contribution in [3.05, 3.63) is 35.9 Å². The quantitative estimate of drug-likeness (QED) is 0.565. The molecular weight excluding hydrogens is 260 g/mol. The van der Waals surface area contributed by atoms with Gasteiger partial charge in [0, 0.05) is 13.1 Å². The van der Waals surface area contributed by atoms with Crippen LogP contribution in [0.15, 0.2) is 30.3 Å². The van der Waals surface area contributed by atoms with E-state index in [1.165, 1.54) is 0 Å². The van der Waals surface area contributed by atoms with Crippen LogP contribution in [0, 0.1) is 0 Å². The summed E-state index contributed by atoms with van der Waals surface area (Å²) < 4.78 is 0. The van der Waals surface area contributed by atoms with Crippen LogP contribution in [-0.4, -0.2) is 41.4 Å². The number of benzene rings is 1. The second-order valence-electron chi connectivity index (χ2n) is 4.46. The molecule has 0 bridgehead atoms. The number of aliphatic hydroxyl groups is 1. The van der Waals surface area contributed by atoms with Gasteiger partial charge in [-0.25, -0.2) is 4.79 Å². The largest absolute Gasteiger partial charge is 0.481 e. The van der Waals surface area contributed by atoms with Gasteiger partial charge in [-0.15, -0.1) is 0 Å². The zero-order valence-electron chi connectivity index (χ0n) is 11.2. The number of amides is 2. The number of rotatable bonds is 8. The summed E-state index contributed by atoms with van der Waals surface area (Å²) in [6.07, 6.45) is 0.550. The van der Waals surface area contributed by atoms with Gasteiger partial charge in [-0.3, -0.25) is 4.79 Å². The Hall–Kier alpha value is -2.08. The lowest BCUT2D eigenvalue weighted by molar-refractivity contribution is -0.136. The Morgan fingerprint density at radius 2 is 1.85 bits per heavy atom. The van der Waals surface area contributed by atoms with Gasteiger partial charge in [-0.05, 0) is 18.4 Å². The van der Waals surface area contributed by atoms with E-state index in [0.29, 0.717) is 6.42 Å². The summed E-state index contributed by atoms with van der Waals surface area (Å²) in [6, 6.07) is 9.32. The Kier molecular flexibility index (Phi) is 7.13. The van der Waals surface area contributed by atoms with Gasteiger partial charge in [0.15, 0.2) is 0 Å². The van der Waals surface area contributed by atoms with Crippen LogP contribution in [0.5, 0.6) is 0 Å². The second-order valence-corrected chi connectivity index (χ2v) is 4.46. The summed E-state index contributed by atoms with van der Waals surface area (Å²) in [4.78, 5) is 21.5. The third-order valence-electron chi connectivity index (χ3n) is 2.73. The number of urea groups is 1. The predicted octanol–water partition coefficient (Wildman–Crippen LogP) is 0.754. The van der Waals surface area contributed by atoms with Crippen LogP contribution in [0.2, 0.25) is 0 Å². The van der Waals surface area contributed by atoms with Gasteiger partial charge < -0.3 is 20.8 Å². The number of aliphatic carboxylic acids is 1. The summed E-state index contributed by atoms with van der Waals surface area (Å²) in [6.45, 7) is 0.215. The van der Waals surface area contributed by atoms with E-state index in [1.54, 1.807) is 0 Å². The first-order valence-corrected chi connectivity index (χ1v) is 6.53. The third kappa shape index (κ3) is 7.38. The number of carbonyl (C=O) groups excluding carboxylic acids is 1. The molecule has 0 radical (unpaired) electrons. The van der Waals surface area contributed by atoms with E-state index in [2.05, 4.69) is 10.6 Å². The molecule has 0 aliphatic heterocycles. The molecule has 6 nitrogen and oxygen atoms in total. The predicted molar refractivity (Wildman–Crippen MR) is 74.4 cm³/mol. The molecule has 0 aliphatic rings. The Morgan fingerprint density at radius 1 is 1.15 bits per heavy atom. The van der Waals surface area contributed by atoms with E-state index >= 15 is 0 Å². The van der Waals surface area contributed by atoms with Crippen LogP contribution in [-0.2, 0) is 11.2 Å². The smallest absolute Gasteiger partial charge is 0.314 e. The lowest BCUT2D eigenvalue weighted by atomic mass is 10.1. The molecule has 1 aromatic carbocycles. The van der Waals surface area contributed by atoms with Crippen molar-refractivity contribution in [1.82, 2.24) is 10.6 Å². The summed E-state index contributed by atoms with van der Waals surface area (Å²) in [5, 5.41) is 23.0. The molecule has 0 spiro atoms. The zero-order chi connectivity index (χ0) is 14.8. The van der Waals surface area contributed by atoms with Gasteiger partial charge in [-0.1, -0.05) is 30.3 Å². The highest BCUT2D eigenvalue weighted by Crippen LogP contribution is 2.04. The van der Waals surface area contributed by atoms with Crippen molar-refractivity contribution in [2.75, 3.05) is 13.1 Å². The van der Waals surface area contributed by atoms with Crippen molar-refractivity contribution in [3.8, 4) is 0 Å². The van der Waals surface area contributed by atoms with E-state index in [4.69, 9.17) is 5.11 Å². The van der Waals surface area contributed by atoms with Crippen LogP contribution in [0.1, 0.15) is 18.4 Å². The summed E-state index contributed by atoms with van der Waals surface area (Å²) in [7, 11) is 0. The minimum Gasteiger partial charge on any atom is -0.481 e. The molecule has 20 heavy (non-hydrogen) atoms. The normalized spacial score (nSPS) is 11.7. The standard InChI is InChI=1S/C14H20N2O4/c17-12(7-6-11-4-2-1-3-5-11)10-16-14(20)15-9-8-13(18)19/h1-5,12,17H,6-10H2,(H,18,19)(H2,15,16,20). The first-order chi connectivity index (χ1) is 9.58. The minimum atomic E-state index is -0.965. The maximum atomic E-state index is 11.3. The Labute approximate surface area is 117 Å². The Morgan fingerprint density at radius 3 is 2.50 bits per heavy atom. The molecular formula is C14H20N2O4. The first kappa shape index (κ1) is 16.0. The van der Waals surface area contributed by atoms with Gasteiger partial charge in [0.2, 0.25) is 0 Å². The molecule has 0 fully saturated rings. The average molecular weight is 280 g/mol. The van der Waals surface area contributed by atoms with Crippen LogP contribution < -0.4 is 10.6 Å².